The van der Waals surface area contributed by atoms with Crippen molar-refractivity contribution in [1.82, 2.24) is 0 Å². The molecule has 1 aromatic rings. The highest BCUT2D eigenvalue weighted by atomic mass is 35.5. The maximum absolute atomic E-state index is 13.3. The van der Waals surface area contributed by atoms with Crippen molar-refractivity contribution in [2.75, 3.05) is 0 Å². The van der Waals surface area contributed by atoms with E-state index in [1.807, 2.05) is 0 Å². The van der Waals surface area contributed by atoms with Crippen LogP contribution in [0.3, 0.4) is 0 Å². The number of hydrogen-bond donors (Lipinski definition) is 1. The molecular formula is C10H10ClF2N. The van der Waals surface area contributed by atoms with Crippen LogP contribution < -0.4 is 5.73 Å². The molecule has 0 aliphatic carbocycles. The van der Waals surface area contributed by atoms with Crippen molar-refractivity contribution in [3.8, 4) is 0 Å². The SMILES string of the molecule is C=C[C@@](C)(N)c1cc(F)c(Cl)cc1F. The third-order valence-electron chi connectivity index (χ3n) is 2.01. The molecule has 1 aromatic carbocycles. The summed E-state index contributed by atoms with van der Waals surface area (Å²) in [5.41, 5.74) is 4.62. The van der Waals surface area contributed by atoms with Crippen LogP contribution in [0.15, 0.2) is 24.8 Å². The first kappa shape index (κ1) is 11.1. The van der Waals surface area contributed by atoms with Gasteiger partial charge in [0.1, 0.15) is 11.6 Å². The first-order valence-corrected chi connectivity index (χ1v) is 4.34. The standard InChI is InChI=1S/C10H10ClF2N/c1-3-10(2,14)6-4-9(13)7(11)5-8(6)12/h3-5H,1,14H2,2H3/t10-/m1/s1. The van der Waals surface area contributed by atoms with E-state index in [0.29, 0.717) is 0 Å². The first-order chi connectivity index (χ1) is 6.38. The lowest BCUT2D eigenvalue weighted by molar-refractivity contribution is 0.530. The van der Waals surface area contributed by atoms with E-state index in [1.165, 1.54) is 13.0 Å². The van der Waals surface area contributed by atoms with E-state index in [0.717, 1.165) is 12.1 Å². The van der Waals surface area contributed by atoms with E-state index in [1.54, 1.807) is 0 Å². The van der Waals surface area contributed by atoms with Crippen LogP contribution in [0.2, 0.25) is 5.02 Å². The van der Waals surface area contributed by atoms with Crippen LogP contribution in [0.4, 0.5) is 8.78 Å². The minimum absolute atomic E-state index is 0.0365. The Hall–Kier alpha value is -0.930. The largest absolute Gasteiger partial charge is 0.318 e. The van der Waals surface area contributed by atoms with E-state index in [4.69, 9.17) is 17.3 Å². The van der Waals surface area contributed by atoms with Gasteiger partial charge in [-0.3, -0.25) is 0 Å². The molecule has 0 aliphatic rings. The summed E-state index contributed by atoms with van der Waals surface area (Å²) in [6, 6.07) is 1.89. The fraction of sp³-hybridized carbons (Fsp3) is 0.200. The molecule has 0 unspecified atom stereocenters. The van der Waals surface area contributed by atoms with Gasteiger partial charge in [0.05, 0.1) is 10.6 Å². The van der Waals surface area contributed by atoms with Crippen LogP contribution in [0.25, 0.3) is 0 Å². The number of rotatable bonds is 2. The second-order valence-electron chi connectivity index (χ2n) is 3.23. The Balaban J connectivity index is 3.36. The number of nitrogens with two attached hydrogens (primary N) is 1. The Morgan fingerprint density at radius 2 is 2.00 bits per heavy atom. The summed E-state index contributed by atoms with van der Waals surface area (Å²) in [5, 5.41) is -0.258. The fourth-order valence-corrected chi connectivity index (χ4v) is 1.20. The van der Waals surface area contributed by atoms with Gasteiger partial charge in [-0.25, -0.2) is 8.78 Å². The lowest BCUT2D eigenvalue weighted by Crippen LogP contribution is -2.31. The summed E-state index contributed by atoms with van der Waals surface area (Å²) in [4.78, 5) is 0. The van der Waals surface area contributed by atoms with Crippen molar-refractivity contribution < 1.29 is 8.78 Å². The molecule has 1 atom stereocenters. The topological polar surface area (TPSA) is 26.0 Å². The molecule has 0 radical (unpaired) electrons. The van der Waals surface area contributed by atoms with E-state index < -0.39 is 17.2 Å². The molecule has 0 bridgehead atoms. The van der Waals surface area contributed by atoms with Gasteiger partial charge in [0.25, 0.3) is 0 Å². The van der Waals surface area contributed by atoms with Gasteiger partial charge in [-0.2, -0.15) is 0 Å². The predicted octanol–water partition coefficient (Wildman–Crippen LogP) is 2.98. The maximum Gasteiger partial charge on any atom is 0.142 e. The summed E-state index contributed by atoms with van der Waals surface area (Å²) in [6.07, 6.45) is 1.35. The molecule has 0 aromatic heterocycles. The molecule has 0 spiro atoms. The molecule has 76 valence electrons. The van der Waals surface area contributed by atoms with Crippen LogP contribution in [-0.2, 0) is 5.54 Å². The van der Waals surface area contributed by atoms with Gasteiger partial charge in [-0.1, -0.05) is 17.7 Å². The fourth-order valence-electron chi connectivity index (χ4n) is 1.05. The van der Waals surface area contributed by atoms with Crippen LogP contribution in [0, 0.1) is 11.6 Å². The average Bonchev–Trinajstić information content (AvgIpc) is 2.11. The van der Waals surface area contributed by atoms with E-state index in [2.05, 4.69) is 6.58 Å². The lowest BCUT2D eigenvalue weighted by Gasteiger charge is -2.21. The summed E-state index contributed by atoms with van der Waals surface area (Å²) >= 11 is 5.40. The normalized spacial score (nSPS) is 14.9. The van der Waals surface area contributed by atoms with Crippen molar-refractivity contribution in [2.24, 2.45) is 5.73 Å². The van der Waals surface area contributed by atoms with Crippen LogP contribution in [0.1, 0.15) is 12.5 Å². The molecule has 0 fully saturated rings. The van der Waals surface area contributed by atoms with Gasteiger partial charge in [0.2, 0.25) is 0 Å². The summed E-state index contributed by atoms with van der Waals surface area (Å²) in [5.74, 6) is -1.33. The Morgan fingerprint density at radius 3 is 2.50 bits per heavy atom. The second kappa shape index (κ2) is 3.67. The molecule has 0 saturated heterocycles. The third kappa shape index (κ3) is 1.94. The average molecular weight is 218 g/mol. The Morgan fingerprint density at radius 1 is 1.43 bits per heavy atom. The maximum atomic E-state index is 13.3. The molecule has 2 N–H and O–H groups in total. The van der Waals surface area contributed by atoms with E-state index >= 15 is 0 Å². The molecule has 14 heavy (non-hydrogen) atoms. The quantitative estimate of drug-likeness (QED) is 0.598. The van der Waals surface area contributed by atoms with Crippen LogP contribution >= 0.6 is 11.6 Å². The van der Waals surface area contributed by atoms with E-state index in [9.17, 15) is 8.78 Å². The minimum atomic E-state index is -1.10. The number of halogens is 3. The highest BCUT2D eigenvalue weighted by molar-refractivity contribution is 6.30. The van der Waals surface area contributed by atoms with Crippen LogP contribution in [0.5, 0.6) is 0 Å². The summed E-state index contributed by atoms with van der Waals surface area (Å²) in [6.45, 7) is 4.99. The smallest absolute Gasteiger partial charge is 0.142 e. The number of benzene rings is 1. The van der Waals surface area contributed by atoms with E-state index in [-0.39, 0.29) is 10.6 Å². The zero-order chi connectivity index (χ0) is 10.9. The van der Waals surface area contributed by atoms with Crippen LogP contribution in [-0.4, -0.2) is 0 Å². The van der Waals surface area contributed by atoms with Crippen molar-refractivity contribution in [3.05, 3.63) is 47.0 Å². The third-order valence-corrected chi connectivity index (χ3v) is 2.30. The number of hydrogen-bond acceptors (Lipinski definition) is 1. The summed E-state index contributed by atoms with van der Waals surface area (Å²) < 4.78 is 26.4. The molecule has 4 heteroatoms. The highest BCUT2D eigenvalue weighted by Gasteiger charge is 2.22. The Kier molecular flexibility index (Phi) is 2.92. The van der Waals surface area contributed by atoms with Crippen molar-refractivity contribution in [2.45, 2.75) is 12.5 Å². The van der Waals surface area contributed by atoms with Gasteiger partial charge in [-0.05, 0) is 19.1 Å². The molecule has 1 rings (SSSR count). The molecule has 0 heterocycles. The molecule has 0 saturated carbocycles. The van der Waals surface area contributed by atoms with Gasteiger partial charge in [-0.15, -0.1) is 6.58 Å². The predicted molar refractivity (Wildman–Crippen MR) is 53.1 cm³/mol. The Labute approximate surface area is 86.2 Å². The monoisotopic (exact) mass is 217 g/mol. The van der Waals surface area contributed by atoms with Gasteiger partial charge >= 0.3 is 0 Å². The van der Waals surface area contributed by atoms with Crippen molar-refractivity contribution in [3.63, 3.8) is 0 Å². The molecule has 1 nitrogen and oxygen atoms in total. The zero-order valence-corrected chi connectivity index (χ0v) is 8.41. The molecule has 0 amide bonds. The van der Waals surface area contributed by atoms with Gasteiger partial charge in [0.15, 0.2) is 0 Å². The second-order valence-corrected chi connectivity index (χ2v) is 3.64. The lowest BCUT2D eigenvalue weighted by atomic mass is 9.93. The van der Waals surface area contributed by atoms with Gasteiger partial charge in [0, 0.05) is 5.56 Å². The molecular weight excluding hydrogens is 208 g/mol. The highest BCUT2D eigenvalue weighted by Crippen LogP contribution is 2.26. The molecule has 0 aliphatic heterocycles. The Bertz CT molecular complexity index is 375. The van der Waals surface area contributed by atoms with Gasteiger partial charge < -0.3 is 5.73 Å². The summed E-state index contributed by atoms with van der Waals surface area (Å²) in [7, 11) is 0. The first-order valence-electron chi connectivity index (χ1n) is 3.96. The zero-order valence-electron chi connectivity index (χ0n) is 7.65. The minimum Gasteiger partial charge on any atom is -0.318 e. The van der Waals surface area contributed by atoms with Crippen molar-refractivity contribution >= 4 is 11.6 Å². The van der Waals surface area contributed by atoms with Crippen molar-refractivity contribution in [1.29, 1.82) is 0 Å².